The number of ether oxygens (including phenoxy) is 2. The summed E-state index contributed by atoms with van der Waals surface area (Å²) in [5.74, 6) is -0.967. The van der Waals surface area contributed by atoms with Crippen molar-refractivity contribution in [1.82, 2.24) is 4.90 Å². The largest absolute Gasteiger partial charge is 0.489 e. The van der Waals surface area contributed by atoms with Crippen LogP contribution in [0.25, 0.3) is 11.0 Å². The third-order valence-electron chi connectivity index (χ3n) is 9.45. The fourth-order valence-electron chi connectivity index (χ4n) is 5.89. The third kappa shape index (κ3) is 6.79. The summed E-state index contributed by atoms with van der Waals surface area (Å²) in [6.07, 6.45) is 3.21. The van der Waals surface area contributed by atoms with E-state index in [1.165, 1.54) is 35.2 Å². The molecule has 2 aromatic carbocycles. The van der Waals surface area contributed by atoms with Crippen molar-refractivity contribution >= 4 is 36.9 Å². The molecule has 0 N–H and O–H groups in total. The molecule has 47 heavy (non-hydrogen) atoms. The Morgan fingerprint density at radius 2 is 1.79 bits per heavy atom. The Morgan fingerprint density at radius 1 is 1.11 bits per heavy atom. The number of benzene rings is 2. The van der Waals surface area contributed by atoms with E-state index in [-0.39, 0.29) is 53.6 Å². The van der Waals surface area contributed by atoms with Crippen LogP contribution in [0.4, 0.5) is 5.69 Å². The minimum absolute atomic E-state index is 0.0373. The normalized spacial score (nSPS) is 20.4. The molecule has 11 nitrogen and oxygen atoms in total. The summed E-state index contributed by atoms with van der Waals surface area (Å²) >= 11 is 0. The molecule has 0 bridgehead atoms. The summed E-state index contributed by atoms with van der Waals surface area (Å²) in [5.41, 5.74) is 1.29. The van der Waals surface area contributed by atoms with E-state index in [9.17, 15) is 24.5 Å². The fourth-order valence-corrected chi connectivity index (χ4v) is 7.32. The maximum atomic E-state index is 13.7. The predicted octanol–water partition coefficient (Wildman–Crippen LogP) is 6.52. The van der Waals surface area contributed by atoms with Crippen LogP contribution < -0.4 is 10.4 Å². The van der Waals surface area contributed by atoms with Crippen LogP contribution in [0.5, 0.6) is 5.75 Å². The summed E-state index contributed by atoms with van der Waals surface area (Å²) in [6.45, 7) is 14.7. The van der Waals surface area contributed by atoms with Gasteiger partial charge in [-0.05, 0) is 72.6 Å². The van der Waals surface area contributed by atoms with E-state index in [2.05, 4.69) is 33.9 Å². The van der Waals surface area contributed by atoms with Crippen molar-refractivity contribution in [2.75, 3.05) is 6.61 Å². The van der Waals surface area contributed by atoms with E-state index in [4.69, 9.17) is 18.3 Å². The van der Waals surface area contributed by atoms with Crippen molar-refractivity contribution in [3.63, 3.8) is 0 Å². The minimum Gasteiger partial charge on any atom is -0.489 e. The molecule has 4 atom stereocenters. The van der Waals surface area contributed by atoms with E-state index in [1.807, 2.05) is 13.8 Å². The number of hydrogen-bond donors (Lipinski definition) is 0. The topological polar surface area (TPSA) is 138 Å². The van der Waals surface area contributed by atoms with Crippen LogP contribution in [0, 0.1) is 22.0 Å². The number of hydrogen-bond acceptors (Lipinski definition) is 9. The molecule has 0 unspecified atom stereocenters. The zero-order chi connectivity index (χ0) is 34.3. The van der Waals surface area contributed by atoms with Gasteiger partial charge in [-0.1, -0.05) is 33.8 Å². The van der Waals surface area contributed by atoms with Crippen molar-refractivity contribution in [3.8, 4) is 5.75 Å². The van der Waals surface area contributed by atoms with Gasteiger partial charge in [0.1, 0.15) is 30.2 Å². The van der Waals surface area contributed by atoms with Gasteiger partial charge in [0.2, 0.25) is 5.91 Å². The molecule has 0 saturated carbocycles. The highest BCUT2D eigenvalue weighted by atomic mass is 28.4. The first-order valence-electron chi connectivity index (χ1n) is 15.6. The number of nitro groups is 1. The second-order valence-electron chi connectivity index (χ2n) is 13.6. The van der Waals surface area contributed by atoms with Gasteiger partial charge in [0.15, 0.2) is 8.32 Å². The number of rotatable bonds is 11. The summed E-state index contributed by atoms with van der Waals surface area (Å²) in [7, 11) is -2.18. The summed E-state index contributed by atoms with van der Waals surface area (Å²) in [4.78, 5) is 51.0. The molecular formula is C35H40N2O9Si. The van der Waals surface area contributed by atoms with Crippen LogP contribution in [-0.4, -0.2) is 48.8 Å². The maximum Gasteiger partial charge on any atom is 0.355 e. The summed E-state index contributed by atoms with van der Waals surface area (Å²) < 4.78 is 23.4. The van der Waals surface area contributed by atoms with Gasteiger partial charge in [0, 0.05) is 35.6 Å². The van der Waals surface area contributed by atoms with Gasteiger partial charge in [-0.3, -0.25) is 14.9 Å². The predicted molar refractivity (Wildman–Crippen MR) is 178 cm³/mol. The van der Waals surface area contributed by atoms with Gasteiger partial charge in [-0.2, -0.15) is 0 Å². The molecule has 0 radical (unpaired) electrons. The van der Waals surface area contributed by atoms with E-state index >= 15 is 0 Å². The molecular weight excluding hydrogens is 620 g/mol. The van der Waals surface area contributed by atoms with Gasteiger partial charge in [-0.15, -0.1) is 0 Å². The first kappa shape index (κ1) is 33.8. The molecule has 1 fully saturated rings. The van der Waals surface area contributed by atoms with Crippen molar-refractivity contribution in [2.24, 2.45) is 11.8 Å². The molecule has 1 saturated heterocycles. The zero-order valence-electron chi connectivity index (χ0n) is 27.6. The van der Waals surface area contributed by atoms with Gasteiger partial charge < -0.3 is 23.2 Å². The van der Waals surface area contributed by atoms with Crippen molar-refractivity contribution in [3.05, 3.63) is 104 Å². The Bertz CT molecular complexity index is 1820. The number of carbonyl (C=O) groups excluding carboxylic acids is 2. The molecule has 3 aromatic rings. The Kier molecular flexibility index (Phi) is 9.29. The highest BCUT2D eigenvalue weighted by molar-refractivity contribution is 6.74. The quantitative estimate of drug-likeness (QED) is 0.0562. The third-order valence-corrected chi connectivity index (χ3v) is 14.0. The number of amides is 1. The Labute approximate surface area is 274 Å². The van der Waals surface area contributed by atoms with Crippen LogP contribution in [0.3, 0.4) is 0 Å². The monoisotopic (exact) mass is 660 g/mol. The van der Waals surface area contributed by atoms with E-state index in [1.54, 1.807) is 36.4 Å². The van der Waals surface area contributed by atoms with Gasteiger partial charge in [0.25, 0.3) is 5.69 Å². The van der Waals surface area contributed by atoms with E-state index in [0.29, 0.717) is 22.5 Å². The van der Waals surface area contributed by atoms with E-state index < -0.39 is 30.8 Å². The van der Waals surface area contributed by atoms with Gasteiger partial charge in [-0.25, -0.2) is 9.59 Å². The minimum atomic E-state index is -2.18. The Balaban J connectivity index is 1.36. The average Bonchev–Trinajstić information content (AvgIpc) is 3.24. The zero-order valence-corrected chi connectivity index (χ0v) is 28.6. The molecule has 2 aliphatic rings. The number of nitro benzene ring substituents is 1. The highest BCUT2D eigenvalue weighted by Gasteiger charge is 2.60. The molecule has 0 spiro atoms. The van der Waals surface area contributed by atoms with Crippen LogP contribution in [0.15, 0.2) is 87.2 Å². The first-order valence-corrected chi connectivity index (χ1v) is 18.5. The van der Waals surface area contributed by atoms with Crippen LogP contribution in [-0.2, 0) is 25.4 Å². The molecule has 3 heterocycles. The average molecular weight is 661 g/mol. The van der Waals surface area contributed by atoms with Gasteiger partial charge in [0.05, 0.1) is 23.0 Å². The molecule has 1 amide bonds. The number of β-lactam (4-membered cyclic amide) rings is 1. The van der Waals surface area contributed by atoms with E-state index in [0.717, 1.165) is 5.39 Å². The number of nitrogens with zero attached hydrogens (tertiary/aromatic N) is 2. The number of fused-ring (bicyclic) bond motifs is 2. The van der Waals surface area contributed by atoms with Crippen molar-refractivity contribution in [2.45, 2.75) is 71.5 Å². The van der Waals surface area contributed by atoms with Crippen molar-refractivity contribution in [1.29, 1.82) is 0 Å². The second kappa shape index (κ2) is 12.9. The molecule has 2 aliphatic heterocycles. The molecule has 5 rings (SSSR count). The molecule has 248 valence electrons. The lowest BCUT2D eigenvalue weighted by atomic mass is 9.77. The number of carbonyl (C=O) groups is 2. The standard InChI is InChI=1S/C35H40N2O9Si/c1-21-27(9-8-18-43-26-16-12-24-13-17-29(38)45-28(24)19-26)32(34(40)44-20-23-10-14-25(15-11-23)37(41)42)36-31(21)30(33(36)39)22(2)46-47(6,7)35(3,4)5/h8-17,19,21-22,30-31H,18,20H2,1-7H3/b9-8+/t21-,22+,30+,31+/m0/s1. The van der Waals surface area contributed by atoms with Crippen LogP contribution >= 0.6 is 0 Å². The first-order chi connectivity index (χ1) is 22.1. The second-order valence-corrected chi connectivity index (χ2v) is 18.3. The summed E-state index contributed by atoms with van der Waals surface area (Å²) in [6, 6.07) is 13.7. The number of non-ortho nitro benzene ring substituents is 1. The fraction of sp³-hybridized carbons (Fsp3) is 0.400. The lowest BCUT2D eigenvalue weighted by Gasteiger charge is -2.50. The van der Waals surface area contributed by atoms with Crippen LogP contribution in [0.1, 0.15) is 40.2 Å². The SMILES string of the molecule is C[C@@H](O[Si](C)(C)C(C)(C)C)[C@H]1C(=O)N2C(C(=O)OCc3ccc([N+](=O)[O-])cc3)=C(/C=C/COc3ccc4ccc(=O)oc4c3)[C@H](C)[C@H]12. The lowest BCUT2D eigenvalue weighted by Crippen LogP contribution is -2.65. The summed E-state index contributed by atoms with van der Waals surface area (Å²) in [5, 5.41) is 11.7. The van der Waals surface area contributed by atoms with Gasteiger partial charge >= 0.3 is 11.6 Å². The highest BCUT2D eigenvalue weighted by Crippen LogP contribution is 2.49. The molecule has 0 aliphatic carbocycles. The lowest BCUT2D eigenvalue weighted by molar-refractivity contribution is -0.384. The number of esters is 1. The Morgan fingerprint density at radius 3 is 2.45 bits per heavy atom. The smallest absolute Gasteiger partial charge is 0.355 e. The number of allylic oxidation sites excluding steroid dienone is 1. The maximum absolute atomic E-state index is 13.7. The van der Waals surface area contributed by atoms with Crippen molar-refractivity contribution < 1.29 is 32.8 Å². The van der Waals surface area contributed by atoms with Crippen LogP contribution in [0.2, 0.25) is 18.1 Å². The molecule has 1 aromatic heterocycles. The Hall–Kier alpha value is -4.55. The molecule has 12 heteroatoms.